The van der Waals surface area contributed by atoms with Crippen LogP contribution in [0.3, 0.4) is 0 Å². The van der Waals surface area contributed by atoms with Gasteiger partial charge in [0, 0.05) is 36.3 Å². The number of imidazole rings is 1. The van der Waals surface area contributed by atoms with Crippen LogP contribution in [0.4, 0.5) is 0 Å². The molecule has 2 aliphatic heterocycles. The maximum atomic E-state index is 4.78. The maximum absolute atomic E-state index is 4.78. The molecule has 8 rings (SSSR count). The molecule has 2 bridgehead atoms. The minimum atomic E-state index is 0.504. The normalized spacial score (nSPS) is 32.6. The monoisotopic (exact) mass is 460 g/mol. The number of H-pyrrole nitrogens is 1. The topological polar surface area (TPSA) is 53.1 Å². The highest BCUT2D eigenvalue weighted by Crippen LogP contribution is 2.52. The van der Waals surface area contributed by atoms with Crippen LogP contribution in [-0.2, 0) is 0 Å². The molecular formula is C31H32N4. The van der Waals surface area contributed by atoms with Gasteiger partial charge in [0.1, 0.15) is 5.82 Å². The van der Waals surface area contributed by atoms with E-state index in [2.05, 4.69) is 65.0 Å². The van der Waals surface area contributed by atoms with Crippen molar-refractivity contribution in [1.82, 2.24) is 15.3 Å². The molecule has 1 aromatic heterocycles. The number of fused-ring (bicyclic) bond motifs is 3. The van der Waals surface area contributed by atoms with E-state index in [1.807, 2.05) is 6.20 Å². The van der Waals surface area contributed by atoms with Crippen molar-refractivity contribution >= 4 is 11.3 Å². The summed E-state index contributed by atoms with van der Waals surface area (Å²) in [6.07, 6.45) is 13.3. The Kier molecular flexibility index (Phi) is 4.49. The van der Waals surface area contributed by atoms with E-state index in [-0.39, 0.29) is 0 Å². The van der Waals surface area contributed by atoms with E-state index in [1.165, 1.54) is 77.9 Å². The molecule has 4 nitrogen and oxygen atoms in total. The predicted octanol–water partition coefficient (Wildman–Crippen LogP) is 6.58. The number of rotatable bonds is 5. The Morgan fingerprint density at radius 3 is 2.20 bits per heavy atom. The molecule has 2 N–H and O–H groups in total. The Labute approximate surface area is 207 Å². The Morgan fingerprint density at radius 1 is 0.743 bits per heavy atom. The molecule has 4 heteroatoms. The SMILES string of the molecule is C1=C(c2ccc(-c3ccc(-c4cnc([C@H]5C[C@@H]6CC[C@H]5C6)[nH]4)cc3)cc2)CC([C@@H]2C[C@H]3C[C@H]3N2)=N1. The molecule has 3 aliphatic carbocycles. The molecule has 4 fully saturated rings. The zero-order valence-corrected chi connectivity index (χ0v) is 20.1. The summed E-state index contributed by atoms with van der Waals surface area (Å²) < 4.78 is 0. The molecule has 2 aromatic carbocycles. The summed E-state index contributed by atoms with van der Waals surface area (Å²) in [6, 6.07) is 19.2. The lowest BCUT2D eigenvalue weighted by Crippen LogP contribution is -2.33. The van der Waals surface area contributed by atoms with Crippen LogP contribution in [0.2, 0.25) is 0 Å². The van der Waals surface area contributed by atoms with E-state index in [9.17, 15) is 0 Å². The highest BCUT2D eigenvalue weighted by Gasteiger charge is 2.47. The first-order chi connectivity index (χ1) is 17.3. The Morgan fingerprint density at radius 2 is 1.51 bits per heavy atom. The molecule has 0 radical (unpaired) electrons. The van der Waals surface area contributed by atoms with Crippen molar-refractivity contribution in [3.63, 3.8) is 0 Å². The van der Waals surface area contributed by atoms with Gasteiger partial charge >= 0.3 is 0 Å². The largest absolute Gasteiger partial charge is 0.342 e. The molecule has 35 heavy (non-hydrogen) atoms. The number of hydrogen-bond donors (Lipinski definition) is 2. The fourth-order valence-corrected chi connectivity index (χ4v) is 7.38. The van der Waals surface area contributed by atoms with E-state index in [4.69, 9.17) is 9.98 Å². The van der Waals surface area contributed by atoms with E-state index in [1.54, 1.807) is 0 Å². The number of allylic oxidation sites excluding steroid dienone is 1. The highest BCUT2D eigenvalue weighted by atomic mass is 15.1. The minimum absolute atomic E-state index is 0.504. The van der Waals surface area contributed by atoms with Crippen molar-refractivity contribution in [2.75, 3.05) is 0 Å². The number of nitrogens with zero attached hydrogens (tertiary/aromatic N) is 2. The van der Waals surface area contributed by atoms with Crippen LogP contribution in [0.25, 0.3) is 28.0 Å². The number of aromatic nitrogens is 2. The molecule has 3 aromatic rings. The number of hydrogen-bond acceptors (Lipinski definition) is 3. The van der Waals surface area contributed by atoms with Crippen molar-refractivity contribution in [2.45, 2.75) is 62.9 Å². The average molecular weight is 461 g/mol. The molecular weight excluding hydrogens is 428 g/mol. The Balaban J connectivity index is 0.941. The summed E-state index contributed by atoms with van der Waals surface area (Å²) in [5, 5.41) is 3.74. The molecule has 0 unspecified atom stereocenters. The second-order valence-corrected chi connectivity index (χ2v) is 11.6. The van der Waals surface area contributed by atoms with E-state index < -0.39 is 0 Å². The summed E-state index contributed by atoms with van der Waals surface area (Å²) >= 11 is 0. The molecule has 0 spiro atoms. The third-order valence-corrected chi connectivity index (χ3v) is 9.51. The first-order valence-corrected chi connectivity index (χ1v) is 13.5. The van der Waals surface area contributed by atoms with Gasteiger partial charge in [-0.3, -0.25) is 4.99 Å². The van der Waals surface area contributed by atoms with Crippen molar-refractivity contribution in [3.8, 4) is 22.4 Å². The van der Waals surface area contributed by atoms with Gasteiger partial charge in [-0.15, -0.1) is 0 Å². The van der Waals surface area contributed by atoms with Crippen LogP contribution >= 0.6 is 0 Å². The third-order valence-electron chi connectivity index (χ3n) is 9.51. The number of aromatic amines is 1. The molecule has 3 saturated carbocycles. The number of piperidine rings is 1. The van der Waals surface area contributed by atoms with Crippen LogP contribution in [0.15, 0.2) is 65.9 Å². The average Bonchev–Trinajstić information content (AvgIpc) is 3.57. The lowest BCUT2D eigenvalue weighted by atomic mass is 9.88. The van der Waals surface area contributed by atoms with Crippen LogP contribution in [-0.4, -0.2) is 27.8 Å². The molecule has 176 valence electrons. The summed E-state index contributed by atoms with van der Waals surface area (Å²) in [5.41, 5.74) is 8.82. The summed E-state index contributed by atoms with van der Waals surface area (Å²) in [4.78, 5) is 13.2. The zero-order chi connectivity index (χ0) is 22.9. The second kappa shape index (κ2) is 7.76. The molecule has 1 saturated heterocycles. The van der Waals surface area contributed by atoms with Gasteiger partial charge in [0.25, 0.3) is 0 Å². The smallest absolute Gasteiger partial charge is 0.109 e. The van der Waals surface area contributed by atoms with E-state index >= 15 is 0 Å². The lowest BCUT2D eigenvalue weighted by Gasteiger charge is -2.19. The highest BCUT2D eigenvalue weighted by molar-refractivity contribution is 6.01. The van der Waals surface area contributed by atoms with E-state index in [0.717, 1.165) is 35.9 Å². The number of aliphatic imine (C=N–C) groups is 1. The van der Waals surface area contributed by atoms with Crippen molar-refractivity contribution in [1.29, 1.82) is 0 Å². The van der Waals surface area contributed by atoms with Crippen molar-refractivity contribution in [3.05, 3.63) is 72.3 Å². The number of nitrogens with one attached hydrogen (secondary N) is 2. The zero-order valence-electron chi connectivity index (χ0n) is 20.1. The fourth-order valence-electron chi connectivity index (χ4n) is 7.38. The van der Waals surface area contributed by atoms with Crippen molar-refractivity contribution in [2.24, 2.45) is 22.7 Å². The summed E-state index contributed by atoms with van der Waals surface area (Å²) in [6.45, 7) is 0. The standard InChI is InChI=1S/C31H32N4/c1-2-23-11-18(1)12-26(23)31-33-17-30(35-31)22-9-7-20(8-10-22)19-3-5-21(6-4-19)25-15-28(32-16-25)29-14-24-13-27(24)34-29/h3-10,16-18,23-24,26-27,29,34H,1-2,11-15H2,(H,33,35)/t18-,23+,24-,26+,27-,29+/m1/s1. The van der Waals surface area contributed by atoms with Gasteiger partial charge in [-0.05, 0) is 77.7 Å². The number of benzene rings is 2. The van der Waals surface area contributed by atoms with Gasteiger partial charge in [0.15, 0.2) is 0 Å². The van der Waals surface area contributed by atoms with Gasteiger partial charge in [-0.25, -0.2) is 4.98 Å². The Bertz CT molecular complexity index is 1320. The first-order valence-electron chi connectivity index (χ1n) is 13.5. The van der Waals surface area contributed by atoms with Gasteiger partial charge < -0.3 is 10.3 Å². The second-order valence-electron chi connectivity index (χ2n) is 11.6. The third kappa shape index (κ3) is 3.53. The minimum Gasteiger partial charge on any atom is -0.342 e. The quantitative estimate of drug-likeness (QED) is 0.452. The van der Waals surface area contributed by atoms with Gasteiger partial charge in [-0.2, -0.15) is 0 Å². The van der Waals surface area contributed by atoms with Gasteiger partial charge in [0.05, 0.1) is 11.9 Å². The van der Waals surface area contributed by atoms with Crippen LogP contribution < -0.4 is 5.32 Å². The molecule has 5 aliphatic rings. The molecule has 6 atom stereocenters. The maximum Gasteiger partial charge on any atom is 0.109 e. The fraction of sp³-hybridized carbons (Fsp3) is 0.419. The molecule has 0 amide bonds. The van der Waals surface area contributed by atoms with Crippen molar-refractivity contribution < 1.29 is 0 Å². The van der Waals surface area contributed by atoms with E-state index in [0.29, 0.717) is 12.0 Å². The Hall–Kier alpha value is -2.98. The van der Waals surface area contributed by atoms with Crippen LogP contribution in [0, 0.1) is 17.8 Å². The lowest BCUT2D eigenvalue weighted by molar-refractivity contribution is 0.407. The molecule has 3 heterocycles. The van der Waals surface area contributed by atoms with Gasteiger partial charge in [-0.1, -0.05) is 55.0 Å². The predicted molar refractivity (Wildman–Crippen MR) is 141 cm³/mol. The van der Waals surface area contributed by atoms with Crippen LogP contribution in [0.1, 0.15) is 62.3 Å². The summed E-state index contributed by atoms with van der Waals surface area (Å²) in [7, 11) is 0. The van der Waals surface area contributed by atoms with Gasteiger partial charge in [0.2, 0.25) is 0 Å². The summed E-state index contributed by atoms with van der Waals surface area (Å²) in [5.74, 6) is 4.57. The van der Waals surface area contributed by atoms with Crippen LogP contribution in [0.5, 0.6) is 0 Å². The first kappa shape index (κ1) is 20.2.